The van der Waals surface area contributed by atoms with Gasteiger partial charge in [0.25, 0.3) is 0 Å². The summed E-state index contributed by atoms with van der Waals surface area (Å²) in [6, 6.07) is 0. The average molecular weight is 276 g/mol. The van der Waals surface area contributed by atoms with Crippen molar-refractivity contribution in [2.24, 2.45) is 0 Å². The summed E-state index contributed by atoms with van der Waals surface area (Å²) in [7, 11) is 0. The van der Waals surface area contributed by atoms with Crippen LogP contribution in [0.3, 0.4) is 0 Å². The summed E-state index contributed by atoms with van der Waals surface area (Å²) in [6.07, 6.45) is 4.15. The van der Waals surface area contributed by atoms with Gasteiger partial charge >= 0.3 is 0 Å². The quantitative estimate of drug-likeness (QED) is 0.525. The van der Waals surface area contributed by atoms with E-state index in [1.807, 2.05) is 13.8 Å². The van der Waals surface area contributed by atoms with Gasteiger partial charge in [-0.1, -0.05) is 20.3 Å². The molecule has 2 atom stereocenters. The van der Waals surface area contributed by atoms with Crippen molar-refractivity contribution in [1.29, 1.82) is 0 Å². The highest BCUT2D eigenvalue weighted by atomic mass is 16.5. The van der Waals surface area contributed by atoms with Gasteiger partial charge in [0, 0.05) is 13.2 Å². The van der Waals surface area contributed by atoms with E-state index in [1.54, 1.807) is 0 Å². The summed E-state index contributed by atoms with van der Waals surface area (Å²) >= 11 is 0. The molecule has 0 aliphatic heterocycles. The number of hydrogen-bond donors (Lipinski definition) is 1. The van der Waals surface area contributed by atoms with Crippen LogP contribution in [0, 0.1) is 0 Å². The van der Waals surface area contributed by atoms with E-state index < -0.39 is 0 Å². The zero-order chi connectivity index (χ0) is 14.5. The molecule has 4 heteroatoms. The van der Waals surface area contributed by atoms with Crippen LogP contribution in [0.2, 0.25) is 0 Å². The third-order valence-electron chi connectivity index (χ3n) is 2.86. The lowest BCUT2D eigenvalue weighted by molar-refractivity contribution is -0.0550. The lowest BCUT2D eigenvalue weighted by Crippen LogP contribution is -2.25. The molecule has 1 N–H and O–H groups in total. The molecule has 0 amide bonds. The number of aliphatic hydroxyl groups is 1. The van der Waals surface area contributed by atoms with Crippen LogP contribution in [0.1, 0.15) is 53.4 Å². The third-order valence-corrected chi connectivity index (χ3v) is 2.86. The minimum Gasteiger partial charge on any atom is -0.394 e. The summed E-state index contributed by atoms with van der Waals surface area (Å²) in [6.45, 7) is 10.3. The van der Waals surface area contributed by atoms with Crippen molar-refractivity contribution in [3.8, 4) is 0 Å². The standard InChI is InChI=1S/C15H32O4/c1-5-7-9-18-14(6-2)12-17-10-8-15(11-16)19-13(3)4/h13-16H,5-12H2,1-4H3. The lowest BCUT2D eigenvalue weighted by atomic mass is 10.2. The van der Waals surface area contributed by atoms with Crippen LogP contribution in [0.4, 0.5) is 0 Å². The van der Waals surface area contributed by atoms with Gasteiger partial charge in [-0.25, -0.2) is 0 Å². The first-order valence-electron chi connectivity index (χ1n) is 7.59. The van der Waals surface area contributed by atoms with Crippen molar-refractivity contribution < 1.29 is 19.3 Å². The van der Waals surface area contributed by atoms with Gasteiger partial charge in [-0.15, -0.1) is 0 Å². The summed E-state index contributed by atoms with van der Waals surface area (Å²) in [4.78, 5) is 0. The molecule has 4 nitrogen and oxygen atoms in total. The topological polar surface area (TPSA) is 47.9 Å². The van der Waals surface area contributed by atoms with Crippen LogP contribution in [-0.4, -0.2) is 49.8 Å². The van der Waals surface area contributed by atoms with E-state index in [1.165, 1.54) is 0 Å². The van der Waals surface area contributed by atoms with Gasteiger partial charge in [0.05, 0.1) is 31.5 Å². The minimum absolute atomic E-state index is 0.0474. The second-order valence-electron chi connectivity index (χ2n) is 5.11. The first-order valence-corrected chi connectivity index (χ1v) is 7.59. The zero-order valence-corrected chi connectivity index (χ0v) is 13.1. The van der Waals surface area contributed by atoms with Crippen molar-refractivity contribution in [1.82, 2.24) is 0 Å². The molecule has 0 spiro atoms. The van der Waals surface area contributed by atoms with E-state index in [9.17, 15) is 0 Å². The Morgan fingerprint density at radius 3 is 2.32 bits per heavy atom. The highest BCUT2D eigenvalue weighted by molar-refractivity contribution is 4.58. The molecular formula is C15H32O4. The second kappa shape index (κ2) is 12.9. The molecule has 0 radical (unpaired) electrons. The molecule has 19 heavy (non-hydrogen) atoms. The Bertz CT molecular complexity index is 185. The fourth-order valence-electron chi connectivity index (χ4n) is 1.69. The molecule has 0 aromatic heterocycles. The molecule has 0 rings (SSSR count). The number of hydrogen-bond acceptors (Lipinski definition) is 4. The number of aliphatic hydroxyl groups excluding tert-OH is 1. The van der Waals surface area contributed by atoms with Gasteiger partial charge in [-0.3, -0.25) is 0 Å². The smallest absolute Gasteiger partial charge is 0.0831 e. The van der Waals surface area contributed by atoms with Crippen molar-refractivity contribution >= 4 is 0 Å². The summed E-state index contributed by atoms with van der Waals surface area (Å²) in [5, 5.41) is 9.17. The first kappa shape index (κ1) is 18.8. The van der Waals surface area contributed by atoms with Crippen molar-refractivity contribution in [3.63, 3.8) is 0 Å². The van der Waals surface area contributed by atoms with E-state index in [4.69, 9.17) is 19.3 Å². The monoisotopic (exact) mass is 276 g/mol. The fourth-order valence-corrected chi connectivity index (χ4v) is 1.69. The number of rotatable bonds is 13. The Balaban J connectivity index is 3.63. The highest BCUT2D eigenvalue weighted by Crippen LogP contribution is 2.05. The SMILES string of the molecule is CCCCOC(CC)COCCC(CO)OC(C)C. The third kappa shape index (κ3) is 11.4. The van der Waals surface area contributed by atoms with Crippen molar-refractivity contribution in [2.45, 2.75) is 71.7 Å². The Hall–Kier alpha value is -0.160. The van der Waals surface area contributed by atoms with Gasteiger partial charge in [-0.2, -0.15) is 0 Å². The van der Waals surface area contributed by atoms with Crippen LogP contribution >= 0.6 is 0 Å². The number of unbranched alkanes of at least 4 members (excludes halogenated alkanes) is 1. The maximum absolute atomic E-state index is 9.17. The molecule has 0 fully saturated rings. The van der Waals surface area contributed by atoms with Gasteiger partial charge in [0.1, 0.15) is 0 Å². The Morgan fingerprint density at radius 2 is 1.79 bits per heavy atom. The molecule has 0 aliphatic carbocycles. The summed E-state index contributed by atoms with van der Waals surface area (Å²) in [5.74, 6) is 0. The van der Waals surface area contributed by atoms with Gasteiger partial charge in [-0.05, 0) is 33.1 Å². The molecule has 116 valence electrons. The highest BCUT2D eigenvalue weighted by Gasteiger charge is 2.11. The molecule has 0 saturated carbocycles. The van der Waals surface area contributed by atoms with E-state index in [0.29, 0.717) is 13.2 Å². The predicted octanol–water partition coefficient (Wildman–Crippen LogP) is 2.77. The molecule has 0 saturated heterocycles. The van der Waals surface area contributed by atoms with Crippen LogP contribution in [0.15, 0.2) is 0 Å². The Morgan fingerprint density at radius 1 is 1.05 bits per heavy atom. The minimum atomic E-state index is -0.124. The zero-order valence-electron chi connectivity index (χ0n) is 13.1. The molecule has 0 bridgehead atoms. The van der Waals surface area contributed by atoms with Crippen LogP contribution < -0.4 is 0 Å². The van der Waals surface area contributed by atoms with Crippen molar-refractivity contribution in [3.05, 3.63) is 0 Å². The predicted molar refractivity (Wildman–Crippen MR) is 77.5 cm³/mol. The average Bonchev–Trinajstić information content (AvgIpc) is 2.39. The van der Waals surface area contributed by atoms with E-state index in [2.05, 4.69) is 13.8 Å². The normalized spacial score (nSPS) is 14.8. The Kier molecular flexibility index (Phi) is 12.7. The van der Waals surface area contributed by atoms with E-state index >= 15 is 0 Å². The molecule has 0 aliphatic rings. The maximum atomic E-state index is 9.17. The lowest BCUT2D eigenvalue weighted by Gasteiger charge is -2.20. The van der Waals surface area contributed by atoms with E-state index in [0.717, 1.165) is 32.3 Å². The van der Waals surface area contributed by atoms with Crippen LogP contribution in [0.25, 0.3) is 0 Å². The largest absolute Gasteiger partial charge is 0.394 e. The molecule has 0 heterocycles. The van der Waals surface area contributed by atoms with Crippen LogP contribution in [0.5, 0.6) is 0 Å². The fraction of sp³-hybridized carbons (Fsp3) is 1.00. The maximum Gasteiger partial charge on any atom is 0.0831 e. The van der Waals surface area contributed by atoms with Gasteiger partial charge < -0.3 is 19.3 Å². The Labute approximate surface area is 118 Å². The van der Waals surface area contributed by atoms with E-state index in [-0.39, 0.29) is 24.9 Å². The molecule has 0 aromatic rings. The second-order valence-corrected chi connectivity index (χ2v) is 5.11. The molecule has 2 unspecified atom stereocenters. The van der Waals surface area contributed by atoms with Crippen LogP contribution in [-0.2, 0) is 14.2 Å². The first-order chi connectivity index (χ1) is 9.13. The summed E-state index contributed by atoms with van der Waals surface area (Å²) in [5.41, 5.74) is 0. The van der Waals surface area contributed by atoms with Gasteiger partial charge in [0.15, 0.2) is 0 Å². The van der Waals surface area contributed by atoms with Crippen molar-refractivity contribution in [2.75, 3.05) is 26.4 Å². The number of ether oxygens (including phenoxy) is 3. The molecule has 0 aromatic carbocycles. The molecular weight excluding hydrogens is 244 g/mol. The van der Waals surface area contributed by atoms with Gasteiger partial charge in [0.2, 0.25) is 0 Å². The summed E-state index contributed by atoms with van der Waals surface area (Å²) < 4.78 is 16.9.